The highest BCUT2D eigenvalue weighted by atomic mass is 35.5. The van der Waals surface area contributed by atoms with E-state index >= 15 is 0 Å². The summed E-state index contributed by atoms with van der Waals surface area (Å²) >= 11 is 6.25. The molecule has 0 saturated heterocycles. The predicted molar refractivity (Wildman–Crippen MR) is 55.1 cm³/mol. The third-order valence-corrected chi connectivity index (χ3v) is 3.96. The maximum Gasteiger partial charge on any atom is 0.213 e. The van der Waals surface area contributed by atoms with Gasteiger partial charge in [0.2, 0.25) is 5.88 Å². The molecule has 1 aromatic heterocycles. The first-order valence-electron chi connectivity index (χ1n) is 4.97. The van der Waals surface area contributed by atoms with E-state index in [1.165, 1.54) is 17.5 Å². The second kappa shape index (κ2) is 2.86. The Hall–Kier alpha value is -0.760. The minimum Gasteiger partial charge on any atom is -0.481 e. The van der Waals surface area contributed by atoms with E-state index in [0.29, 0.717) is 17.2 Å². The molecule has 3 rings (SSSR count). The van der Waals surface area contributed by atoms with Crippen molar-refractivity contribution in [2.24, 2.45) is 0 Å². The number of hydrogen-bond acceptors (Lipinski definition) is 2. The average Bonchev–Trinajstić information content (AvgIpc) is 2.74. The lowest BCUT2D eigenvalue weighted by molar-refractivity contribution is 0.396. The van der Waals surface area contributed by atoms with E-state index in [0.717, 1.165) is 12.3 Å². The second-order valence-corrected chi connectivity index (χ2v) is 4.71. The molecule has 0 amide bonds. The SMILES string of the molecule is COc1cc2c(cn1)[C@@H]1C[C@H]2C[C@H]1Cl. The van der Waals surface area contributed by atoms with Crippen molar-refractivity contribution >= 4 is 11.6 Å². The van der Waals surface area contributed by atoms with Crippen molar-refractivity contribution in [1.29, 1.82) is 0 Å². The molecule has 14 heavy (non-hydrogen) atoms. The molecule has 3 heteroatoms. The Labute approximate surface area is 88.2 Å². The van der Waals surface area contributed by atoms with Crippen LogP contribution in [0.3, 0.4) is 0 Å². The summed E-state index contributed by atoms with van der Waals surface area (Å²) in [6.45, 7) is 0. The summed E-state index contributed by atoms with van der Waals surface area (Å²) in [5.41, 5.74) is 2.76. The van der Waals surface area contributed by atoms with Crippen molar-refractivity contribution in [3.8, 4) is 5.88 Å². The molecule has 1 heterocycles. The second-order valence-electron chi connectivity index (χ2n) is 4.15. The van der Waals surface area contributed by atoms with Crippen LogP contribution in [0.1, 0.15) is 35.8 Å². The van der Waals surface area contributed by atoms with Crippen LogP contribution >= 0.6 is 11.6 Å². The Morgan fingerprint density at radius 3 is 3.07 bits per heavy atom. The highest BCUT2D eigenvalue weighted by Crippen LogP contribution is 2.55. The maximum absolute atomic E-state index is 6.25. The van der Waals surface area contributed by atoms with Gasteiger partial charge in [0.05, 0.1) is 7.11 Å². The summed E-state index contributed by atoms with van der Waals surface area (Å²) < 4.78 is 5.13. The van der Waals surface area contributed by atoms with E-state index in [-0.39, 0.29) is 0 Å². The molecule has 2 nitrogen and oxygen atoms in total. The van der Waals surface area contributed by atoms with Crippen LogP contribution in [0.15, 0.2) is 12.3 Å². The van der Waals surface area contributed by atoms with E-state index in [9.17, 15) is 0 Å². The van der Waals surface area contributed by atoms with Crippen molar-refractivity contribution in [3.63, 3.8) is 0 Å². The number of halogens is 1. The molecule has 74 valence electrons. The Morgan fingerprint density at radius 1 is 1.43 bits per heavy atom. The van der Waals surface area contributed by atoms with Crippen LogP contribution in [0.2, 0.25) is 0 Å². The molecule has 2 aliphatic rings. The minimum absolute atomic E-state index is 0.322. The van der Waals surface area contributed by atoms with Gasteiger partial charge in [0.25, 0.3) is 0 Å². The van der Waals surface area contributed by atoms with Crippen molar-refractivity contribution in [1.82, 2.24) is 4.98 Å². The highest BCUT2D eigenvalue weighted by Gasteiger charge is 2.43. The summed E-state index contributed by atoms with van der Waals surface area (Å²) in [4.78, 5) is 4.24. The van der Waals surface area contributed by atoms with E-state index in [1.807, 2.05) is 6.20 Å². The molecule has 2 bridgehead atoms. The lowest BCUT2D eigenvalue weighted by Gasteiger charge is -2.19. The van der Waals surface area contributed by atoms with Gasteiger partial charge >= 0.3 is 0 Å². The van der Waals surface area contributed by atoms with E-state index in [4.69, 9.17) is 16.3 Å². The van der Waals surface area contributed by atoms with Crippen LogP contribution in [0.4, 0.5) is 0 Å². The average molecular weight is 210 g/mol. The number of hydrogen-bond donors (Lipinski definition) is 0. The normalized spacial score (nSPS) is 33.1. The van der Waals surface area contributed by atoms with Gasteiger partial charge in [-0.05, 0) is 29.9 Å². The standard InChI is InChI=1S/C11H12ClNO/c1-14-11-4-7-6-2-8(10(12)3-6)9(7)5-13-11/h4-6,8,10H,2-3H2,1H3/t6-,8-,10+/m0/s1. The minimum atomic E-state index is 0.322. The van der Waals surface area contributed by atoms with Crippen LogP contribution in [0.25, 0.3) is 0 Å². The maximum atomic E-state index is 6.25. The number of methoxy groups -OCH3 is 1. The molecular weight excluding hydrogens is 198 g/mol. The summed E-state index contributed by atoms with van der Waals surface area (Å²) in [6, 6.07) is 2.07. The van der Waals surface area contributed by atoms with Gasteiger partial charge in [0, 0.05) is 23.6 Å². The molecule has 0 unspecified atom stereocenters. The molecule has 1 aromatic rings. The highest BCUT2D eigenvalue weighted by molar-refractivity contribution is 6.21. The molecule has 0 spiro atoms. The van der Waals surface area contributed by atoms with E-state index in [1.54, 1.807) is 7.11 Å². The van der Waals surface area contributed by atoms with Gasteiger partial charge < -0.3 is 4.74 Å². The monoisotopic (exact) mass is 209 g/mol. The molecule has 0 N–H and O–H groups in total. The van der Waals surface area contributed by atoms with Gasteiger partial charge in [-0.25, -0.2) is 4.98 Å². The zero-order valence-corrected chi connectivity index (χ0v) is 8.79. The largest absolute Gasteiger partial charge is 0.481 e. The van der Waals surface area contributed by atoms with Crippen LogP contribution in [-0.4, -0.2) is 17.5 Å². The van der Waals surface area contributed by atoms with Gasteiger partial charge in [-0.2, -0.15) is 0 Å². The topological polar surface area (TPSA) is 22.1 Å². The molecule has 2 aliphatic carbocycles. The number of fused-ring (bicyclic) bond motifs is 5. The zero-order valence-electron chi connectivity index (χ0n) is 8.03. The molecule has 3 atom stereocenters. The summed E-state index contributed by atoms with van der Waals surface area (Å²) in [5.74, 6) is 1.91. The van der Waals surface area contributed by atoms with E-state index < -0.39 is 0 Å². The Balaban J connectivity index is 2.08. The fourth-order valence-electron chi connectivity index (χ4n) is 2.80. The first kappa shape index (κ1) is 8.54. The molecule has 1 fully saturated rings. The van der Waals surface area contributed by atoms with Crippen LogP contribution < -0.4 is 4.74 Å². The number of ether oxygens (including phenoxy) is 1. The van der Waals surface area contributed by atoms with Crippen molar-refractivity contribution in [3.05, 3.63) is 23.4 Å². The quantitative estimate of drug-likeness (QED) is 0.664. The van der Waals surface area contributed by atoms with Crippen LogP contribution in [0, 0.1) is 0 Å². The zero-order chi connectivity index (χ0) is 9.71. The number of pyridine rings is 1. The summed E-state index contributed by atoms with van der Waals surface area (Å²) in [5, 5.41) is 0.322. The van der Waals surface area contributed by atoms with Gasteiger partial charge in [-0.1, -0.05) is 0 Å². The molecule has 1 saturated carbocycles. The molecular formula is C11H12ClNO. The van der Waals surface area contributed by atoms with Crippen molar-refractivity contribution < 1.29 is 4.74 Å². The van der Waals surface area contributed by atoms with Crippen molar-refractivity contribution in [2.75, 3.05) is 7.11 Å². The van der Waals surface area contributed by atoms with Gasteiger partial charge in [0.1, 0.15) is 0 Å². The van der Waals surface area contributed by atoms with Gasteiger partial charge in [0.15, 0.2) is 0 Å². The number of nitrogens with zero attached hydrogens (tertiary/aromatic N) is 1. The van der Waals surface area contributed by atoms with Gasteiger partial charge in [-0.3, -0.25) is 0 Å². The number of alkyl halides is 1. The Kier molecular flexibility index (Phi) is 1.75. The fourth-order valence-corrected chi connectivity index (χ4v) is 3.25. The van der Waals surface area contributed by atoms with Crippen molar-refractivity contribution in [2.45, 2.75) is 30.1 Å². The summed E-state index contributed by atoms with van der Waals surface area (Å²) in [6.07, 6.45) is 4.26. The first-order chi connectivity index (χ1) is 6.79. The smallest absolute Gasteiger partial charge is 0.213 e. The number of rotatable bonds is 1. The van der Waals surface area contributed by atoms with E-state index in [2.05, 4.69) is 11.1 Å². The fraction of sp³-hybridized carbons (Fsp3) is 0.545. The molecule has 0 aliphatic heterocycles. The van der Waals surface area contributed by atoms with Crippen LogP contribution in [-0.2, 0) is 0 Å². The number of aromatic nitrogens is 1. The lowest BCUT2D eigenvalue weighted by atomic mass is 9.93. The third-order valence-electron chi connectivity index (χ3n) is 3.48. The van der Waals surface area contributed by atoms with Crippen LogP contribution in [0.5, 0.6) is 5.88 Å². The Morgan fingerprint density at radius 2 is 2.29 bits per heavy atom. The molecule has 0 aromatic carbocycles. The molecule has 0 radical (unpaired) electrons. The predicted octanol–water partition coefficient (Wildman–Crippen LogP) is 2.67. The Bertz CT molecular complexity index is 380. The first-order valence-corrected chi connectivity index (χ1v) is 5.41. The van der Waals surface area contributed by atoms with Gasteiger partial charge in [-0.15, -0.1) is 11.6 Å². The third kappa shape index (κ3) is 1.01. The summed E-state index contributed by atoms with van der Waals surface area (Å²) in [7, 11) is 1.66. The lowest BCUT2D eigenvalue weighted by Crippen LogP contribution is -2.10.